The summed E-state index contributed by atoms with van der Waals surface area (Å²) in [6.07, 6.45) is 74.6. The second-order valence-electron chi connectivity index (χ2n) is 34.6. The van der Waals surface area contributed by atoms with Gasteiger partial charge in [-0.05, 0) is 207 Å². The van der Waals surface area contributed by atoms with Gasteiger partial charge < -0.3 is 37.9 Å². The van der Waals surface area contributed by atoms with Crippen LogP contribution in [0.3, 0.4) is 0 Å². The first-order valence-electron chi connectivity index (χ1n) is 44.2. The highest BCUT2D eigenvalue weighted by Crippen LogP contribution is 2.29. The number of azide groups is 7. The number of ether oxygens (including phenoxy) is 8. The van der Waals surface area contributed by atoms with Crippen molar-refractivity contribution in [1.82, 2.24) is 0 Å². The summed E-state index contributed by atoms with van der Waals surface area (Å²) in [5.41, 5.74) is 63.4. The first-order valence-corrected chi connectivity index (χ1v) is 44.2. The van der Waals surface area contributed by atoms with Gasteiger partial charge in [0, 0.05) is 98.0 Å². The van der Waals surface area contributed by atoms with Gasteiger partial charge in [0.25, 0.3) is 0 Å². The molecule has 726 valence electrons. The zero-order valence-electron chi connectivity index (χ0n) is 83.2. The summed E-state index contributed by atoms with van der Waals surface area (Å²) in [4.78, 5) is 18.5. The Morgan fingerprint density at radius 2 is 0.471 bits per heavy atom. The number of unbranched alkanes of at least 4 members (excludes halogenated alkanes) is 7. The Morgan fingerprint density at radius 1 is 0.235 bits per heavy atom. The zero-order valence-corrected chi connectivity index (χ0v) is 83.2. The van der Waals surface area contributed by atoms with Crippen molar-refractivity contribution in [2.24, 2.45) is 62.9 Å². The Hall–Kier alpha value is -14.8. The van der Waals surface area contributed by atoms with Crippen LogP contribution in [0.2, 0.25) is 0 Å². The fourth-order valence-corrected chi connectivity index (χ4v) is 9.92. The second-order valence-corrected chi connectivity index (χ2v) is 34.6. The Labute approximate surface area is 814 Å². The van der Waals surface area contributed by atoms with E-state index in [1.54, 1.807) is 42.5 Å². The standard InChI is InChI=1S/C15H12O3.C14H18O.C12H17N3.C12H10O2.C10H21N3.C9H12O2.C9H16.C8H8N6.C8H10.C7H15N3.C3H6N6/c1-4-7-16-13-10-14(17-8-5-2)12-15(11-13)18-9-6-3;1-5-10-15-13-8-6-12(7-9-13)11-14(2,3)4;1-12(2,3)8-10-4-6-11(7-5-10)9-14-15-13;1-3-9-13-11-5-7-12(8-6-11)14-10-4-2;1-10(2,3)8-6-4-5-7-9-12-13-11;1-3-6-10-8-5-9-11-7-4-2;1-5-6-7-8-9(2,3)4;9-13-11-5-7-1-2-8(4-3-7)6-12-14-10;1-3-5-7-8-6-4-2;1-7(2,3)5-4-6-9-10-8;4-8-6-2-1-3-7-9-5/h1-3,10-12H,7-9H2;1,6-9H,10-11H2,2-4H3;4-7H,8-9H2,1-3H3;1-2,5-8H,9-10H2;4-9H2,1-3H3;1-2H,5-9H2;1H,6-8H2,2-4H3;1-4H,5-6H2;1-2H,5-8H2;4-6H2,1-3H3;1-3H2. The molecule has 0 bridgehead atoms. The van der Waals surface area contributed by atoms with Crippen LogP contribution in [-0.4, -0.2) is 92.2 Å². The van der Waals surface area contributed by atoms with E-state index < -0.39 is 0 Å². The van der Waals surface area contributed by atoms with Gasteiger partial charge in [0.05, 0.1) is 32.8 Å². The monoisotopic (exact) mass is 1850 g/mol. The van der Waals surface area contributed by atoms with E-state index in [4.69, 9.17) is 147 Å². The first kappa shape index (κ1) is 132. The largest absolute Gasteiger partial charge is 0.481 e. The highest BCUT2D eigenvalue weighted by Gasteiger charge is 2.14. The van der Waals surface area contributed by atoms with Crippen LogP contribution in [0.5, 0.6) is 34.5 Å². The summed E-state index contributed by atoms with van der Waals surface area (Å²) >= 11 is 0. The van der Waals surface area contributed by atoms with E-state index in [9.17, 15) is 0 Å². The molecular weight excluding hydrogens is 1710 g/mol. The Bertz CT molecular complexity index is 4600. The summed E-state index contributed by atoms with van der Waals surface area (Å²) in [6.45, 7) is 40.0. The van der Waals surface area contributed by atoms with Crippen molar-refractivity contribution in [2.75, 3.05) is 92.2 Å². The van der Waals surface area contributed by atoms with Crippen LogP contribution in [0, 0.1) is 163 Å². The van der Waals surface area contributed by atoms with E-state index in [0.29, 0.717) is 130 Å². The van der Waals surface area contributed by atoms with Gasteiger partial charge in [-0.15, -0.1) is 88.4 Å². The molecule has 5 rings (SSSR count). The summed E-state index contributed by atoms with van der Waals surface area (Å²) in [5.74, 6) is 30.7. The molecule has 0 aliphatic heterocycles. The van der Waals surface area contributed by atoms with Crippen LogP contribution >= 0.6 is 0 Å². The third kappa shape index (κ3) is 106. The number of nitrogens with zero attached hydrogens (tertiary/aromatic N) is 21. The van der Waals surface area contributed by atoms with E-state index in [2.05, 4.69) is 263 Å². The minimum Gasteiger partial charge on any atom is -0.481 e. The number of terminal acetylenes is 11. The van der Waals surface area contributed by atoms with Crippen molar-refractivity contribution in [3.8, 4) is 170 Å². The minimum absolute atomic E-state index is 0.160. The fraction of sp³-hybridized carbons (Fsp3) is 0.514. The highest BCUT2D eigenvalue weighted by molar-refractivity contribution is 5.43. The quantitative estimate of drug-likeness (QED) is 0.0118. The van der Waals surface area contributed by atoms with Gasteiger partial charge in [-0.1, -0.05) is 267 Å². The van der Waals surface area contributed by atoms with Crippen LogP contribution in [0.1, 0.15) is 234 Å². The van der Waals surface area contributed by atoms with Crippen LogP contribution in [0.25, 0.3) is 73.1 Å². The van der Waals surface area contributed by atoms with Crippen molar-refractivity contribution in [2.45, 2.75) is 239 Å². The van der Waals surface area contributed by atoms with Crippen molar-refractivity contribution < 1.29 is 37.9 Å². The van der Waals surface area contributed by atoms with Crippen LogP contribution in [0.4, 0.5) is 0 Å². The first-order chi connectivity index (χ1) is 65.0. The minimum atomic E-state index is 0.160. The molecule has 0 fully saturated rings. The lowest BCUT2D eigenvalue weighted by Crippen LogP contribution is -2.08. The van der Waals surface area contributed by atoms with Crippen molar-refractivity contribution in [3.63, 3.8) is 0 Å². The van der Waals surface area contributed by atoms with Gasteiger partial charge in [-0.25, -0.2) is 0 Å². The molecule has 0 radical (unpaired) electrons. The molecule has 0 saturated heterocycles. The maximum absolute atomic E-state index is 8.19. The zero-order chi connectivity index (χ0) is 103. The number of benzene rings is 5. The van der Waals surface area contributed by atoms with Crippen LogP contribution in [0.15, 0.2) is 151 Å². The molecule has 0 N–H and O–H groups in total. The average molecular weight is 1850 g/mol. The molecule has 0 heterocycles. The molecule has 0 spiro atoms. The van der Waals surface area contributed by atoms with Crippen LogP contribution < -0.4 is 28.4 Å². The summed E-state index contributed by atoms with van der Waals surface area (Å²) < 4.78 is 41.6. The van der Waals surface area contributed by atoms with Gasteiger partial charge in [-0.3, -0.25) is 0 Å². The van der Waals surface area contributed by atoms with Gasteiger partial charge in [0.1, 0.15) is 87.4 Å². The molecule has 0 aliphatic rings. The third-order valence-corrected chi connectivity index (χ3v) is 16.0. The van der Waals surface area contributed by atoms with E-state index in [1.807, 2.05) is 48.5 Å². The van der Waals surface area contributed by atoms with Gasteiger partial charge >= 0.3 is 0 Å². The Kier molecular flexibility index (Phi) is 90.6. The van der Waals surface area contributed by atoms with Crippen molar-refractivity contribution in [3.05, 3.63) is 216 Å². The van der Waals surface area contributed by atoms with Crippen LogP contribution in [-0.2, 0) is 41.9 Å². The lowest BCUT2D eigenvalue weighted by Gasteiger charge is -2.18. The van der Waals surface area contributed by atoms with E-state index >= 15 is 0 Å². The second kappa shape index (κ2) is 93.4. The predicted octanol–water partition coefficient (Wildman–Crippen LogP) is 28.9. The lowest BCUT2D eigenvalue weighted by atomic mass is 9.88. The van der Waals surface area contributed by atoms with Gasteiger partial charge in [0.2, 0.25) is 0 Å². The smallest absolute Gasteiger partial charge is 0.148 e. The van der Waals surface area contributed by atoms with E-state index in [0.717, 1.165) is 105 Å². The number of rotatable bonds is 44. The Morgan fingerprint density at radius 3 is 0.743 bits per heavy atom. The summed E-state index contributed by atoms with van der Waals surface area (Å²) in [7, 11) is 0. The summed E-state index contributed by atoms with van der Waals surface area (Å²) in [5, 5.41) is 23.8. The van der Waals surface area contributed by atoms with E-state index in [1.165, 1.54) is 49.7 Å². The Balaban J connectivity index is -0.000000344. The number of hydrogen-bond donors (Lipinski definition) is 0. The average Bonchev–Trinajstić information content (AvgIpc) is 0.874. The van der Waals surface area contributed by atoms with E-state index in [-0.39, 0.29) is 33.0 Å². The van der Waals surface area contributed by atoms with Crippen molar-refractivity contribution >= 4 is 0 Å². The summed E-state index contributed by atoms with van der Waals surface area (Å²) in [6, 6.07) is 35.9. The van der Waals surface area contributed by atoms with Crippen molar-refractivity contribution in [1.29, 1.82) is 0 Å². The molecular formula is C107H145N21O8. The fourth-order valence-electron chi connectivity index (χ4n) is 9.92. The molecule has 0 amide bonds. The molecule has 0 unspecified atom stereocenters. The highest BCUT2D eigenvalue weighted by atomic mass is 16.5. The molecule has 0 aliphatic carbocycles. The third-order valence-electron chi connectivity index (χ3n) is 16.0. The van der Waals surface area contributed by atoms with Gasteiger partial charge in [-0.2, -0.15) is 0 Å². The molecule has 5 aromatic carbocycles. The molecule has 0 aromatic heterocycles. The predicted molar refractivity (Wildman–Crippen MR) is 557 cm³/mol. The molecule has 29 heteroatoms. The topological polar surface area (TPSA) is 415 Å². The normalized spacial score (nSPS) is 9.41. The maximum Gasteiger partial charge on any atom is 0.148 e. The van der Waals surface area contributed by atoms with Gasteiger partial charge in [0.15, 0.2) is 0 Å². The molecule has 0 saturated carbocycles. The maximum atomic E-state index is 8.19. The molecule has 0 atom stereocenters. The molecule has 5 aromatic rings. The lowest BCUT2D eigenvalue weighted by molar-refractivity contribution is 0.111. The molecule has 136 heavy (non-hydrogen) atoms. The SMILES string of the molecule is C#CCCCC(C)(C)C.C#CCCCCC#C.C#CCOCCCOCC#C.C#CCOc1cc(OCC#C)cc(OCC#C)c1.C#CCOc1ccc(CC(C)(C)C)cc1.C#CCOc1ccc(OCC#C)cc1.CC(C)(C)CCCCCCN=[N+]=[N-].CC(C)(C)CCCN=[N+]=[N-].CC(C)(C)Cc1ccc(CN=[N+]=[N-])cc1.[N-]=[N+]=NCCCN=[N+]=[N-].[N-]=[N+]=NCc1ccc(CN=[N+]=[N-])cc1. The number of hydrogen-bond acceptors (Lipinski definition) is 15. The molecule has 29 nitrogen and oxygen atoms in total.